The minimum Gasteiger partial charge on any atom is -0.493 e. The first-order valence-corrected chi connectivity index (χ1v) is 11.2. The van der Waals surface area contributed by atoms with Crippen LogP contribution in [-0.2, 0) is 4.79 Å². The maximum atomic E-state index is 15.2. The van der Waals surface area contributed by atoms with Gasteiger partial charge in [-0.25, -0.2) is 13.8 Å². The summed E-state index contributed by atoms with van der Waals surface area (Å²) in [4.78, 5) is 25.2. The highest BCUT2D eigenvalue weighted by Crippen LogP contribution is 2.37. The molecular weight excluding hydrogens is 470 g/mol. The van der Waals surface area contributed by atoms with Gasteiger partial charge in [-0.3, -0.25) is 4.79 Å². The van der Waals surface area contributed by atoms with Gasteiger partial charge in [0.05, 0.1) is 14.2 Å². The van der Waals surface area contributed by atoms with Gasteiger partial charge in [-0.05, 0) is 30.3 Å². The standard InChI is InChI=1S/C25H30F2N6O3/c1-4-29-18(15-5-7-16(26)8-6-15)14-20(34)32-9-11-33(12-10-32)25-30-22-17(24(28)31-25)13-19(35-2)23(36-3)21(22)27/h5-8,13,18,29H,4,9-12,14H2,1-3H3,(H2,28,30,31)/t18-/m1/s1/i1D3,4D2. The van der Waals surface area contributed by atoms with Crippen molar-refractivity contribution in [3.63, 3.8) is 0 Å². The number of nitrogens with one attached hydrogen (secondary N) is 1. The molecule has 3 aromatic rings. The van der Waals surface area contributed by atoms with Crippen LogP contribution >= 0.6 is 0 Å². The number of halogens is 2. The fourth-order valence-corrected chi connectivity index (χ4v) is 4.17. The van der Waals surface area contributed by atoms with Crippen LogP contribution in [0, 0.1) is 11.6 Å². The van der Waals surface area contributed by atoms with E-state index in [1.807, 2.05) is 0 Å². The molecule has 0 bridgehead atoms. The molecule has 11 heteroatoms. The number of fused-ring (bicyclic) bond motifs is 1. The molecule has 0 radical (unpaired) electrons. The summed E-state index contributed by atoms with van der Waals surface area (Å²) in [6, 6.07) is 5.52. The zero-order chi connectivity index (χ0) is 30.1. The number of nitrogen functional groups attached to an aromatic ring is 1. The number of nitrogens with zero attached hydrogens (tertiary/aromatic N) is 4. The Morgan fingerprint density at radius 1 is 1.19 bits per heavy atom. The molecule has 1 atom stereocenters. The van der Waals surface area contributed by atoms with Gasteiger partial charge in [-0.2, -0.15) is 4.98 Å². The second-order valence-corrected chi connectivity index (χ2v) is 8.18. The zero-order valence-electron chi connectivity index (χ0n) is 24.8. The first kappa shape index (κ1) is 19.5. The normalized spacial score (nSPS) is 17.5. The lowest BCUT2D eigenvalue weighted by Gasteiger charge is -2.35. The van der Waals surface area contributed by atoms with E-state index in [0.717, 1.165) is 12.1 Å². The van der Waals surface area contributed by atoms with E-state index in [2.05, 4.69) is 15.3 Å². The van der Waals surface area contributed by atoms with Crippen LogP contribution in [0.4, 0.5) is 20.5 Å². The SMILES string of the molecule is [2H]C([2H])([2H])C([2H])([2H])N[C@H](CC(=O)N1CCN(c2nc(N)c3cc(OC)c(OC)c(F)c3n2)CC1)c1ccc(F)cc1. The molecule has 9 nitrogen and oxygen atoms in total. The summed E-state index contributed by atoms with van der Waals surface area (Å²) in [6.45, 7) is -4.77. The van der Waals surface area contributed by atoms with Crippen LogP contribution in [0.1, 0.15) is 31.7 Å². The molecule has 36 heavy (non-hydrogen) atoms. The van der Waals surface area contributed by atoms with E-state index >= 15 is 4.39 Å². The Hall–Kier alpha value is -3.73. The summed E-state index contributed by atoms with van der Waals surface area (Å²) < 4.78 is 77.4. The van der Waals surface area contributed by atoms with Gasteiger partial charge in [0.25, 0.3) is 0 Å². The lowest BCUT2D eigenvalue weighted by atomic mass is 10.0. The van der Waals surface area contributed by atoms with Crippen LogP contribution in [0.2, 0.25) is 0 Å². The summed E-state index contributed by atoms with van der Waals surface area (Å²) >= 11 is 0. The third-order valence-electron chi connectivity index (χ3n) is 6.11. The predicted octanol–water partition coefficient (Wildman–Crippen LogP) is 2.90. The third kappa shape index (κ3) is 5.11. The van der Waals surface area contributed by atoms with E-state index in [9.17, 15) is 9.18 Å². The van der Waals surface area contributed by atoms with Gasteiger partial charge >= 0.3 is 0 Å². The first-order chi connectivity index (χ1) is 19.3. The fraction of sp³-hybridized carbons (Fsp3) is 0.400. The van der Waals surface area contributed by atoms with Crippen molar-refractivity contribution in [2.75, 3.05) is 57.5 Å². The number of piperazine rings is 1. The number of amides is 1. The number of carbonyl (C=O) groups excluding carboxylic acids is 1. The maximum absolute atomic E-state index is 15.2. The van der Waals surface area contributed by atoms with Crippen molar-refractivity contribution in [3.05, 3.63) is 47.5 Å². The lowest BCUT2D eigenvalue weighted by molar-refractivity contribution is -0.132. The summed E-state index contributed by atoms with van der Waals surface area (Å²) in [5.74, 6) is -1.40. The Morgan fingerprint density at radius 3 is 2.56 bits per heavy atom. The molecule has 1 fully saturated rings. The molecule has 4 rings (SSSR count). The largest absolute Gasteiger partial charge is 0.493 e. The molecule has 1 aromatic heterocycles. The molecule has 2 aromatic carbocycles. The zero-order valence-corrected chi connectivity index (χ0v) is 19.8. The minimum atomic E-state index is -3.00. The van der Waals surface area contributed by atoms with E-state index in [1.54, 1.807) is 9.80 Å². The number of anilines is 2. The highest BCUT2D eigenvalue weighted by Gasteiger charge is 2.27. The van der Waals surface area contributed by atoms with Gasteiger partial charge in [-0.15, -0.1) is 0 Å². The van der Waals surface area contributed by atoms with E-state index in [0.29, 0.717) is 5.56 Å². The molecule has 1 saturated heterocycles. The number of nitrogens with two attached hydrogens (primary N) is 1. The summed E-state index contributed by atoms with van der Waals surface area (Å²) in [7, 11) is 2.68. The monoisotopic (exact) mass is 505 g/mol. The van der Waals surface area contributed by atoms with Gasteiger partial charge in [0.2, 0.25) is 11.9 Å². The number of benzene rings is 2. The van der Waals surface area contributed by atoms with Crippen molar-refractivity contribution in [1.29, 1.82) is 0 Å². The molecule has 0 unspecified atom stereocenters. The quantitative estimate of drug-likeness (QED) is 0.482. The minimum absolute atomic E-state index is 0.0413. The summed E-state index contributed by atoms with van der Waals surface area (Å²) in [5.41, 5.74) is 6.44. The molecule has 0 aliphatic carbocycles. The molecule has 1 aliphatic rings. The van der Waals surface area contributed by atoms with Gasteiger partial charge in [0, 0.05) is 50.9 Å². The second kappa shape index (κ2) is 10.9. The number of hydrogen-bond donors (Lipinski definition) is 2. The third-order valence-corrected chi connectivity index (χ3v) is 6.11. The van der Waals surface area contributed by atoms with Gasteiger partial charge in [-0.1, -0.05) is 19.0 Å². The van der Waals surface area contributed by atoms with Gasteiger partial charge < -0.3 is 30.3 Å². The van der Waals surface area contributed by atoms with E-state index in [4.69, 9.17) is 22.1 Å². The Balaban J connectivity index is 1.50. The Morgan fingerprint density at radius 2 is 1.92 bits per heavy atom. The molecule has 3 N–H and O–H groups in total. The molecule has 2 heterocycles. The van der Waals surface area contributed by atoms with Crippen LogP contribution in [0.3, 0.4) is 0 Å². The number of carbonyl (C=O) groups is 1. The fourth-order valence-electron chi connectivity index (χ4n) is 4.17. The van der Waals surface area contributed by atoms with Gasteiger partial charge in [0.15, 0.2) is 17.3 Å². The average molecular weight is 506 g/mol. The summed E-state index contributed by atoms with van der Waals surface area (Å²) in [5, 5.41) is 2.68. The highest BCUT2D eigenvalue weighted by atomic mass is 19.1. The average Bonchev–Trinajstić information content (AvgIpc) is 2.92. The number of methoxy groups -OCH3 is 2. The van der Waals surface area contributed by atoms with Crippen molar-refractivity contribution in [2.24, 2.45) is 0 Å². The number of ether oxygens (including phenoxy) is 2. The smallest absolute Gasteiger partial charge is 0.228 e. The first-order valence-electron chi connectivity index (χ1n) is 13.7. The van der Waals surface area contributed by atoms with Crippen LogP contribution in [0.25, 0.3) is 10.9 Å². The topological polar surface area (TPSA) is 106 Å². The predicted molar refractivity (Wildman–Crippen MR) is 133 cm³/mol. The van der Waals surface area contributed by atoms with Crippen molar-refractivity contribution < 1.29 is 29.9 Å². The molecule has 0 saturated carbocycles. The van der Waals surface area contributed by atoms with Crippen LogP contribution in [0.5, 0.6) is 11.5 Å². The number of aromatic nitrogens is 2. The Kier molecular flexibility index (Phi) is 5.89. The number of rotatable bonds is 8. The second-order valence-electron chi connectivity index (χ2n) is 8.18. The van der Waals surface area contributed by atoms with Crippen LogP contribution in [-0.4, -0.2) is 67.7 Å². The van der Waals surface area contributed by atoms with E-state index < -0.39 is 31.0 Å². The van der Waals surface area contributed by atoms with Crippen LogP contribution < -0.4 is 25.4 Å². The number of hydrogen-bond acceptors (Lipinski definition) is 8. The molecular formula is C25H30F2N6O3. The van der Waals surface area contributed by atoms with Gasteiger partial charge in [0.1, 0.15) is 17.2 Å². The van der Waals surface area contributed by atoms with Crippen LogP contribution in [0.15, 0.2) is 30.3 Å². The van der Waals surface area contributed by atoms with Crippen molar-refractivity contribution in [1.82, 2.24) is 20.2 Å². The van der Waals surface area contributed by atoms with E-state index in [1.165, 1.54) is 32.4 Å². The van der Waals surface area contributed by atoms with E-state index in [-0.39, 0.29) is 72.7 Å². The Bertz CT molecular complexity index is 1420. The molecule has 0 spiro atoms. The maximum Gasteiger partial charge on any atom is 0.228 e. The molecule has 1 amide bonds. The lowest BCUT2D eigenvalue weighted by Crippen LogP contribution is -2.49. The molecule has 192 valence electrons. The molecule has 1 aliphatic heterocycles. The van der Waals surface area contributed by atoms with Crippen molar-refractivity contribution in [2.45, 2.75) is 19.3 Å². The highest BCUT2D eigenvalue weighted by molar-refractivity contribution is 5.92. The summed E-state index contributed by atoms with van der Waals surface area (Å²) in [6.07, 6.45) is -0.270. The van der Waals surface area contributed by atoms with Crippen molar-refractivity contribution in [3.8, 4) is 11.5 Å². The Labute approximate surface area is 215 Å². The van der Waals surface area contributed by atoms with Crippen molar-refractivity contribution >= 4 is 28.6 Å².